The quantitative estimate of drug-likeness (QED) is 0.617. The molecule has 0 heterocycles. The largest absolute Gasteiger partial charge is 0.494 e. The predicted molar refractivity (Wildman–Crippen MR) is 64.6 cm³/mol. The Kier molecular flexibility index (Phi) is 4.93. The van der Waals surface area contributed by atoms with Gasteiger partial charge in [-0.15, -0.1) is 0 Å². The second-order valence-electron chi connectivity index (χ2n) is 3.11. The normalized spacial score (nSPS) is 9.86. The fourth-order valence-corrected chi connectivity index (χ4v) is 1.58. The van der Waals surface area contributed by atoms with Crippen LogP contribution < -0.4 is 4.74 Å². The summed E-state index contributed by atoms with van der Waals surface area (Å²) in [6.07, 6.45) is 1.39. The van der Waals surface area contributed by atoms with Crippen molar-refractivity contribution in [3.05, 3.63) is 27.8 Å². The van der Waals surface area contributed by atoms with Gasteiger partial charge in [0.25, 0.3) is 0 Å². The third-order valence-electron chi connectivity index (χ3n) is 1.74. The van der Waals surface area contributed by atoms with Gasteiger partial charge in [-0.05, 0) is 54.1 Å². The molecule has 0 unspecified atom stereocenters. The van der Waals surface area contributed by atoms with Crippen LogP contribution in [0.25, 0.3) is 0 Å². The molecular formula is C11H13IO2. The fourth-order valence-electron chi connectivity index (χ4n) is 1.07. The Balaban J connectivity index is 2.28. The summed E-state index contributed by atoms with van der Waals surface area (Å²) in [6.45, 7) is 2.21. The summed E-state index contributed by atoms with van der Waals surface area (Å²) in [6, 6.07) is 7.88. The number of hydrogen-bond donors (Lipinski definition) is 0. The molecule has 0 amide bonds. The van der Waals surface area contributed by atoms with Crippen molar-refractivity contribution < 1.29 is 9.53 Å². The van der Waals surface area contributed by atoms with Crippen LogP contribution >= 0.6 is 22.6 Å². The minimum Gasteiger partial charge on any atom is -0.494 e. The van der Waals surface area contributed by atoms with E-state index < -0.39 is 0 Å². The van der Waals surface area contributed by atoms with Crippen molar-refractivity contribution in [2.24, 2.45) is 0 Å². The standard InChI is InChI=1S/C11H13IO2/c1-9(13)4-3-7-14-11-6-2-5-10(12)8-11/h2,5-6,8H,3-4,7H2,1H3. The smallest absolute Gasteiger partial charge is 0.129 e. The first-order valence-corrected chi connectivity index (χ1v) is 5.64. The minimum atomic E-state index is 0.219. The van der Waals surface area contributed by atoms with Crippen LogP contribution in [0.4, 0.5) is 0 Å². The van der Waals surface area contributed by atoms with Crippen LogP contribution in [0.5, 0.6) is 5.75 Å². The topological polar surface area (TPSA) is 26.3 Å². The number of hydrogen-bond acceptors (Lipinski definition) is 2. The number of carbonyl (C=O) groups is 1. The van der Waals surface area contributed by atoms with Gasteiger partial charge in [0.2, 0.25) is 0 Å². The second-order valence-corrected chi connectivity index (χ2v) is 4.36. The first kappa shape index (κ1) is 11.5. The lowest BCUT2D eigenvalue weighted by Gasteiger charge is -2.05. The number of Topliss-reactive ketones (excluding diaryl/α,β-unsaturated/α-hetero) is 1. The Bertz CT molecular complexity index is 310. The number of ether oxygens (including phenoxy) is 1. The predicted octanol–water partition coefficient (Wildman–Crippen LogP) is 3.04. The second kappa shape index (κ2) is 6.01. The number of carbonyl (C=O) groups excluding carboxylic acids is 1. The Morgan fingerprint density at radius 1 is 1.50 bits per heavy atom. The molecule has 0 fully saturated rings. The summed E-state index contributed by atoms with van der Waals surface area (Å²) in [5, 5.41) is 0. The summed E-state index contributed by atoms with van der Waals surface area (Å²) >= 11 is 2.24. The maximum atomic E-state index is 10.7. The molecule has 3 heteroatoms. The SMILES string of the molecule is CC(=O)CCCOc1cccc(I)c1. The van der Waals surface area contributed by atoms with E-state index in [-0.39, 0.29) is 5.78 Å². The zero-order valence-corrected chi connectivity index (χ0v) is 10.3. The average molecular weight is 304 g/mol. The molecule has 0 N–H and O–H groups in total. The van der Waals surface area contributed by atoms with Crippen LogP contribution in [-0.2, 0) is 4.79 Å². The maximum absolute atomic E-state index is 10.7. The van der Waals surface area contributed by atoms with Gasteiger partial charge < -0.3 is 9.53 Å². The van der Waals surface area contributed by atoms with Gasteiger partial charge in [-0.3, -0.25) is 0 Å². The first-order valence-electron chi connectivity index (χ1n) is 4.56. The lowest BCUT2D eigenvalue weighted by atomic mass is 10.2. The Morgan fingerprint density at radius 3 is 2.93 bits per heavy atom. The van der Waals surface area contributed by atoms with Crippen molar-refractivity contribution in [2.45, 2.75) is 19.8 Å². The molecule has 76 valence electrons. The molecule has 14 heavy (non-hydrogen) atoms. The van der Waals surface area contributed by atoms with Crippen molar-refractivity contribution in [1.82, 2.24) is 0 Å². The van der Waals surface area contributed by atoms with Crippen LogP contribution in [0.3, 0.4) is 0 Å². The van der Waals surface area contributed by atoms with Crippen molar-refractivity contribution in [3.8, 4) is 5.75 Å². The summed E-state index contributed by atoms with van der Waals surface area (Å²) in [4.78, 5) is 10.7. The molecule has 1 aromatic rings. The molecule has 0 atom stereocenters. The molecule has 1 aromatic carbocycles. The number of ketones is 1. The lowest BCUT2D eigenvalue weighted by molar-refractivity contribution is -0.117. The first-order chi connectivity index (χ1) is 6.68. The molecule has 0 bridgehead atoms. The van der Waals surface area contributed by atoms with E-state index >= 15 is 0 Å². The molecule has 0 aromatic heterocycles. The van der Waals surface area contributed by atoms with E-state index in [9.17, 15) is 4.79 Å². The summed E-state index contributed by atoms with van der Waals surface area (Å²) in [7, 11) is 0. The number of rotatable bonds is 5. The molecule has 0 aliphatic carbocycles. The molecule has 0 saturated carbocycles. The van der Waals surface area contributed by atoms with Crippen molar-refractivity contribution >= 4 is 28.4 Å². The molecule has 0 radical (unpaired) electrons. The van der Waals surface area contributed by atoms with E-state index in [0.717, 1.165) is 15.7 Å². The van der Waals surface area contributed by atoms with Gasteiger partial charge in [-0.1, -0.05) is 6.07 Å². The minimum absolute atomic E-state index is 0.219. The zero-order valence-electron chi connectivity index (χ0n) is 8.13. The highest BCUT2D eigenvalue weighted by molar-refractivity contribution is 14.1. The Morgan fingerprint density at radius 2 is 2.29 bits per heavy atom. The van der Waals surface area contributed by atoms with E-state index in [1.54, 1.807) is 6.92 Å². The van der Waals surface area contributed by atoms with E-state index in [1.807, 2.05) is 24.3 Å². The van der Waals surface area contributed by atoms with Gasteiger partial charge in [0, 0.05) is 9.99 Å². The highest BCUT2D eigenvalue weighted by atomic mass is 127. The van der Waals surface area contributed by atoms with Crippen LogP contribution in [0, 0.1) is 3.57 Å². The van der Waals surface area contributed by atoms with Crippen molar-refractivity contribution in [2.75, 3.05) is 6.61 Å². The van der Waals surface area contributed by atoms with Gasteiger partial charge in [0.15, 0.2) is 0 Å². The molecule has 0 aliphatic heterocycles. The lowest BCUT2D eigenvalue weighted by Crippen LogP contribution is -2.00. The molecule has 0 spiro atoms. The summed E-state index contributed by atoms with van der Waals surface area (Å²) in [5.74, 6) is 1.09. The monoisotopic (exact) mass is 304 g/mol. The van der Waals surface area contributed by atoms with Gasteiger partial charge in [0.05, 0.1) is 6.61 Å². The van der Waals surface area contributed by atoms with Crippen LogP contribution in [0.2, 0.25) is 0 Å². The summed E-state index contributed by atoms with van der Waals surface area (Å²) in [5.41, 5.74) is 0. The molecule has 1 rings (SSSR count). The number of benzene rings is 1. The van der Waals surface area contributed by atoms with Gasteiger partial charge >= 0.3 is 0 Å². The van der Waals surface area contributed by atoms with Crippen molar-refractivity contribution in [3.63, 3.8) is 0 Å². The van der Waals surface area contributed by atoms with Crippen LogP contribution in [0.1, 0.15) is 19.8 Å². The fraction of sp³-hybridized carbons (Fsp3) is 0.364. The molecule has 2 nitrogen and oxygen atoms in total. The van der Waals surface area contributed by atoms with Crippen LogP contribution in [-0.4, -0.2) is 12.4 Å². The zero-order chi connectivity index (χ0) is 10.4. The molecule has 0 aliphatic rings. The highest BCUT2D eigenvalue weighted by Gasteiger charge is 1.96. The molecular weight excluding hydrogens is 291 g/mol. The van der Waals surface area contributed by atoms with E-state index in [2.05, 4.69) is 22.6 Å². The number of halogens is 1. The third-order valence-corrected chi connectivity index (χ3v) is 2.41. The van der Waals surface area contributed by atoms with E-state index in [1.165, 1.54) is 0 Å². The van der Waals surface area contributed by atoms with Gasteiger partial charge in [-0.25, -0.2) is 0 Å². The van der Waals surface area contributed by atoms with Crippen molar-refractivity contribution in [1.29, 1.82) is 0 Å². The Labute approximate surface area is 97.8 Å². The van der Waals surface area contributed by atoms with Gasteiger partial charge in [-0.2, -0.15) is 0 Å². The Hall–Kier alpha value is -0.580. The third kappa shape index (κ3) is 4.60. The van der Waals surface area contributed by atoms with E-state index in [4.69, 9.17) is 4.74 Å². The molecule has 0 saturated heterocycles. The average Bonchev–Trinajstić information content (AvgIpc) is 2.12. The van der Waals surface area contributed by atoms with E-state index in [0.29, 0.717) is 13.0 Å². The van der Waals surface area contributed by atoms with Crippen LogP contribution in [0.15, 0.2) is 24.3 Å². The van der Waals surface area contributed by atoms with Gasteiger partial charge in [0.1, 0.15) is 11.5 Å². The highest BCUT2D eigenvalue weighted by Crippen LogP contribution is 2.14. The maximum Gasteiger partial charge on any atom is 0.129 e. The summed E-state index contributed by atoms with van der Waals surface area (Å²) < 4.78 is 6.64.